The molecule has 22 heavy (non-hydrogen) atoms. The summed E-state index contributed by atoms with van der Waals surface area (Å²) in [5.74, 6) is -20.4. The van der Waals surface area contributed by atoms with Crippen molar-refractivity contribution in [3.05, 3.63) is 0 Å². The van der Waals surface area contributed by atoms with E-state index in [9.17, 15) is 44.3 Å². The Morgan fingerprint density at radius 3 is 1.68 bits per heavy atom. The van der Waals surface area contributed by atoms with E-state index in [4.69, 9.17) is 0 Å². The minimum absolute atomic E-state index is 0.357. The average Bonchev–Trinajstić information content (AvgIpc) is 2.33. The molecule has 0 aromatic carbocycles. The van der Waals surface area contributed by atoms with Crippen molar-refractivity contribution in [1.29, 1.82) is 0 Å². The molecule has 0 radical (unpaired) electrons. The number of ether oxygens (including phenoxy) is 1. The number of amides is 1. The Morgan fingerprint density at radius 2 is 1.41 bits per heavy atom. The van der Waals surface area contributed by atoms with Gasteiger partial charge in [0.05, 0.1) is 6.42 Å². The molecule has 0 fully saturated rings. The van der Waals surface area contributed by atoms with Gasteiger partial charge in [0.2, 0.25) is 5.91 Å². The molecule has 1 unspecified atom stereocenters. The van der Waals surface area contributed by atoms with E-state index in [0.717, 1.165) is 14.0 Å². The van der Waals surface area contributed by atoms with Crippen LogP contribution in [0.25, 0.3) is 0 Å². The van der Waals surface area contributed by atoms with E-state index >= 15 is 0 Å². The van der Waals surface area contributed by atoms with Gasteiger partial charge in [0.15, 0.2) is 0 Å². The van der Waals surface area contributed by atoms with Crippen molar-refractivity contribution in [2.45, 2.75) is 43.5 Å². The van der Waals surface area contributed by atoms with Crippen molar-refractivity contribution in [3.8, 4) is 0 Å². The molecule has 0 rings (SSSR count). The zero-order valence-electron chi connectivity index (χ0n) is 11.4. The molecule has 1 amide bonds. The molecule has 1 atom stereocenters. The normalized spacial score (nSPS) is 15.6. The molecule has 0 saturated carbocycles. The summed E-state index contributed by atoms with van der Waals surface area (Å²) in [5, 5.41) is 0. The highest BCUT2D eigenvalue weighted by Crippen LogP contribution is 2.54. The summed E-state index contributed by atoms with van der Waals surface area (Å²) in [6.07, 6.45) is -11.3. The van der Waals surface area contributed by atoms with Crippen LogP contribution >= 0.6 is 0 Å². The summed E-state index contributed by atoms with van der Waals surface area (Å²) >= 11 is 0. The molecule has 0 aliphatic heterocycles. The monoisotopic (exact) mass is 349 g/mol. The maximum atomic E-state index is 13.3. The van der Waals surface area contributed by atoms with Crippen LogP contribution in [0.1, 0.15) is 13.3 Å². The van der Waals surface area contributed by atoms with E-state index in [1.54, 1.807) is 0 Å². The third kappa shape index (κ3) is 3.58. The first kappa shape index (κ1) is 20.8. The molecular formula is C10H12F9NO2. The van der Waals surface area contributed by atoms with E-state index in [-0.39, 0.29) is 0 Å². The number of nitrogens with zero attached hydrogens (tertiary/aromatic N) is 1. The van der Waals surface area contributed by atoms with Gasteiger partial charge in [-0.2, -0.15) is 39.5 Å². The van der Waals surface area contributed by atoms with Gasteiger partial charge in [-0.05, 0) is 0 Å². The van der Waals surface area contributed by atoms with Crippen molar-refractivity contribution in [2.24, 2.45) is 0 Å². The minimum Gasteiger partial charge on any atom is -0.361 e. The standard InChI is InChI=1S/C10H12F9NO2/c1-5(21)20(2)6(22-3)4-7(11,12)8(13,14)9(15,16)10(17,18)19/h6H,4H2,1-3H3. The number of halogens is 9. The number of carbonyl (C=O) groups excluding carboxylic acids is 1. The summed E-state index contributed by atoms with van der Waals surface area (Å²) in [5.41, 5.74) is 0. The molecule has 12 heteroatoms. The summed E-state index contributed by atoms with van der Waals surface area (Å²) in [7, 11) is 1.52. The summed E-state index contributed by atoms with van der Waals surface area (Å²) < 4.78 is 118. The molecule has 0 aromatic heterocycles. The van der Waals surface area contributed by atoms with Crippen LogP contribution in [0.5, 0.6) is 0 Å². The van der Waals surface area contributed by atoms with Gasteiger partial charge in [-0.15, -0.1) is 0 Å². The highest BCUT2D eigenvalue weighted by molar-refractivity contribution is 5.73. The molecule has 0 aliphatic rings. The van der Waals surface area contributed by atoms with Crippen LogP contribution in [0.15, 0.2) is 0 Å². The largest absolute Gasteiger partial charge is 0.460 e. The van der Waals surface area contributed by atoms with Crippen LogP contribution in [0, 0.1) is 0 Å². The van der Waals surface area contributed by atoms with Gasteiger partial charge in [-0.25, -0.2) is 0 Å². The average molecular weight is 349 g/mol. The molecule has 0 aromatic rings. The topological polar surface area (TPSA) is 29.5 Å². The zero-order valence-corrected chi connectivity index (χ0v) is 11.4. The summed E-state index contributed by atoms with van der Waals surface area (Å²) in [6.45, 7) is 0.826. The first-order valence-electron chi connectivity index (χ1n) is 5.49. The van der Waals surface area contributed by atoms with Gasteiger partial charge in [-0.3, -0.25) is 4.79 Å². The first-order valence-corrected chi connectivity index (χ1v) is 5.49. The molecule has 0 saturated heterocycles. The van der Waals surface area contributed by atoms with E-state index < -0.39 is 42.5 Å². The minimum atomic E-state index is -6.96. The lowest BCUT2D eigenvalue weighted by Gasteiger charge is -2.36. The van der Waals surface area contributed by atoms with Gasteiger partial charge >= 0.3 is 23.9 Å². The highest BCUT2D eigenvalue weighted by atomic mass is 19.4. The Hall–Kier alpha value is -1.20. The smallest absolute Gasteiger partial charge is 0.361 e. The Morgan fingerprint density at radius 1 is 1.00 bits per heavy atom. The maximum absolute atomic E-state index is 13.3. The lowest BCUT2D eigenvalue weighted by atomic mass is 10.00. The molecule has 0 spiro atoms. The van der Waals surface area contributed by atoms with Crippen LogP contribution < -0.4 is 0 Å². The lowest BCUT2D eigenvalue weighted by Crippen LogP contribution is -2.62. The fraction of sp³-hybridized carbons (Fsp3) is 0.900. The molecule has 0 aliphatic carbocycles. The van der Waals surface area contributed by atoms with E-state index in [1.807, 2.05) is 0 Å². The molecular weight excluding hydrogens is 337 g/mol. The molecule has 3 nitrogen and oxygen atoms in total. The number of methoxy groups -OCH3 is 1. The third-order valence-corrected chi connectivity index (χ3v) is 2.84. The van der Waals surface area contributed by atoms with Crippen molar-refractivity contribution in [3.63, 3.8) is 0 Å². The van der Waals surface area contributed by atoms with E-state index in [1.165, 1.54) is 0 Å². The fourth-order valence-electron chi connectivity index (χ4n) is 1.34. The molecule has 0 bridgehead atoms. The maximum Gasteiger partial charge on any atom is 0.460 e. The SMILES string of the molecule is COC(CC(F)(F)C(F)(F)C(F)(F)C(F)(F)F)N(C)C(C)=O. The summed E-state index contributed by atoms with van der Waals surface area (Å²) in [6, 6.07) is 0. The van der Waals surface area contributed by atoms with Crippen molar-refractivity contribution in [2.75, 3.05) is 14.2 Å². The Balaban J connectivity index is 5.57. The number of carbonyl (C=O) groups is 1. The van der Waals surface area contributed by atoms with Crippen LogP contribution in [0.3, 0.4) is 0 Å². The third-order valence-electron chi connectivity index (χ3n) is 2.84. The van der Waals surface area contributed by atoms with Gasteiger partial charge in [0.1, 0.15) is 6.23 Å². The number of rotatable bonds is 6. The van der Waals surface area contributed by atoms with Crippen LogP contribution in [0.2, 0.25) is 0 Å². The zero-order chi connectivity index (χ0) is 18.1. The molecule has 0 heterocycles. The quantitative estimate of drug-likeness (QED) is 0.544. The van der Waals surface area contributed by atoms with Gasteiger partial charge < -0.3 is 9.64 Å². The number of hydrogen-bond acceptors (Lipinski definition) is 2. The molecule has 0 N–H and O–H groups in total. The van der Waals surface area contributed by atoms with Gasteiger partial charge in [0, 0.05) is 21.1 Å². The second-order valence-electron chi connectivity index (χ2n) is 4.38. The van der Waals surface area contributed by atoms with Crippen LogP contribution in [-0.2, 0) is 9.53 Å². The van der Waals surface area contributed by atoms with Crippen molar-refractivity contribution < 1.29 is 49.0 Å². The van der Waals surface area contributed by atoms with E-state index in [2.05, 4.69) is 4.74 Å². The Labute approximate surface area is 119 Å². The number of hydrogen-bond donors (Lipinski definition) is 0. The van der Waals surface area contributed by atoms with Crippen LogP contribution in [0.4, 0.5) is 39.5 Å². The van der Waals surface area contributed by atoms with Gasteiger partial charge in [0.25, 0.3) is 0 Å². The van der Waals surface area contributed by atoms with Crippen molar-refractivity contribution >= 4 is 5.91 Å². The summed E-state index contributed by atoms with van der Waals surface area (Å²) in [4.78, 5) is 11.3. The highest BCUT2D eigenvalue weighted by Gasteiger charge is 2.81. The van der Waals surface area contributed by atoms with Crippen molar-refractivity contribution in [1.82, 2.24) is 4.90 Å². The predicted octanol–water partition coefficient (Wildman–Crippen LogP) is 3.30. The van der Waals surface area contributed by atoms with Gasteiger partial charge in [-0.1, -0.05) is 0 Å². The van der Waals surface area contributed by atoms with E-state index in [0.29, 0.717) is 12.0 Å². The second kappa shape index (κ2) is 6.13. The second-order valence-corrected chi connectivity index (χ2v) is 4.38. The predicted molar refractivity (Wildman–Crippen MR) is 54.8 cm³/mol. The Kier molecular flexibility index (Phi) is 5.79. The lowest BCUT2D eigenvalue weighted by molar-refractivity contribution is -0.399. The Bertz CT molecular complexity index is 408. The fourth-order valence-corrected chi connectivity index (χ4v) is 1.34. The molecule has 132 valence electrons. The van der Waals surface area contributed by atoms with Crippen LogP contribution in [-0.4, -0.2) is 55.1 Å². The number of alkyl halides is 9. The first-order chi connectivity index (χ1) is 9.53.